The second-order valence-electron chi connectivity index (χ2n) is 3.74. The van der Waals surface area contributed by atoms with E-state index >= 15 is 0 Å². The first-order valence-corrected chi connectivity index (χ1v) is 5.65. The van der Waals surface area contributed by atoms with Gasteiger partial charge in [0.05, 0.1) is 6.54 Å². The number of amides is 1. The minimum atomic E-state index is 0.00763. The topological polar surface area (TPSA) is 59.6 Å². The maximum absolute atomic E-state index is 11.2. The van der Waals surface area contributed by atoms with E-state index in [0.29, 0.717) is 19.6 Å². The number of nitrogens with one attached hydrogen (secondary N) is 2. The summed E-state index contributed by atoms with van der Waals surface area (Å²) in [7, 11) is 0. The average Bonchev–Trinajstić information content (AvgIpc) is 2.76. The van der Waals surface area contributed by atoms with Crippen LogP contribution in [0.3, 0.4) is 0 Å². The lowest BCUT2D eigenvalue weighted by molar-refractivity contribution is -0.120. The number of ether oxygens (including phenoxy) is 2. The van der Waals surface area contributed by atoms with Crippen molar-refractivity contribution in [3.05, 3.63) is 23.8 Å². The molecule has 0 radical (unpaired) electrons. The number of carbonyl (C=O) groups is 1. The number of rotatable bonds is 5. The van der Waals surface area contributed by atoms with Crippen LogP contribution in [0.5, 0.6) is 11.5 Å². The number of carbonyl (C=O) groups excluding carboxylic acids is 1. The van der Waals surface area contributed by atoms with Gasteiger partial charge in [-0.3, -0.25) is 4.79 Å². The lowest BCUT2D eigenvalue weighted by atomic mass is 10.2. The highest BCUT2D eigenvalue weighted by Crippen LogP contribution is 2.32. The van der Waals surface area contributed by atoms with Gasteiger partial charge in [-0.15, -0.1) is 0 Å². The van der Waals surface area contributed by atoms with Crippen LogP contribution < -0.4 is 20.1 Å². The molecular formula is C12H16N2O3. The minimum Gasteiger partial charge on any atom is -0.454 e. The Kier molecular flexibility index (Phi) is 3.82. The van der Waals surface area contributed by atoms with Crippen LogP contribution in [0.1, 0.15) is 12.5 Å². The van der Waals surface area contributed by atoms with E-state index < -0.39 is 0 Å². The highest BCUT2D eigenvalue weighted by Gasteiger charge is 2.12. The third-order valence-corrected chi connectivity index (χ3v) is 2.43. The van der Waals surface area contributed by atoms with Gasteiger partial charge in [-0.1, -0.05) is 6.07 Å². The summed E-state index contributed by atoms with van der Waals surface area (Å²) >= 11 is 0. The van der Waals surface area contributed by atoms with Gasteiger partial charge in [0.1, 0.15) is 0 Å². The van der Waals surface area contributed by atoms with E-state index in [0.717, 1.165) is 17.1 Å². The second-order valence-corrected chi connectivity index (χ2v) is 3.74. The molecule has 2 rings (SSSR count). The fraction of sp³-hybridized carbons (Fsp3) is 0.417. The van der Waals surface area contributed by atoms with Crippen LogP contribution in [0.15, 0.2) is 18.2 Å². The van der Waals surface area contributed by atoms with Gasteiger partial charge in [0.2, 0.25) is 12.7 Å². The number of hydrogen-bond donors (Lipinski definition) is 2. The maximum Gasteiger partial charge on any atom is 0.233 e. The molecule has 0 bridgehead atoms. The van der Waals surface area contributed by atoms with Crippen LogP contribution in [0.25, 0.3) is 0 Å². The lowest BCUT2D eigenvalue weighted by Gasteiger charge is -2.05. The molecule has 1 amide bonds. The van der Waals surface area contributed by atoms with Gasteiger partial charge in [0.25, 0.3) is 0 Å². The fourth-order valence-electron chi connectivity index (χ4n) is 1.63. The van der Waals surface area contributed by atoms with Crippen molar-refractivity contribution in [2.75, 3.05) is 19.9 Å². The van der Waals surface area contributed by atoms with E-state index in [1.54, 1.807) is 0 Å². The van der Waals surface area contributed by atoms with Crippen LogP contribution in [-0.2, 0) is 11.3 Å². The second kappa shape index (κ2) is 5.54. The first-order valence-electron chi connectivity index (χ1n) is 5.65. The van der Waals surface area contributed by atoms with Crippen molar-refractivity contribution in [3.63, 3.8) is 0 Å². The summed E-state index contributed by atoms with van der Waals surface area (Å²) in [6.07, 6.45) is 0. The molecule has 0 saturated heterocycles. The molecule has 1 heterocycles. The van der Waals surface area contributed by atoms with Gasteiger partial charge >= 0.3 is 0 Å². The molecule has 1 aliphatic heterocycles. The van der Waals surface area contributed by atoms with Gasteiger partial charge < -0.3 is 20.1 Å². The molecule has 5 nitrogen and oxygen atoms in total. The SMILES string of the molecule is CCNC(=O)CNCc1ccc2c(c1)OCO2. The summed E-state index contributed by atoms with van der Waals surface area (Å²) in [4.78, 5) is 11.2. The summed E-state index contributed by atoms with van der Waals surface area (Å²) in [5.74, 6) is 1.55. The molecule has 1 aromatic carbocycles. The third-order valence-electron chi connectivity index (χ3n) is 2.43. The maximum atomic E-state index is 11.2. The Labute approximate surface area is 100 Å². The molecule has 0 unspecified atom stereocenters. The van der Waals surface area contributed by atoms with E-state index in [9.17, 15) is 4.79 Å². The lowest BCUT2D eigenvalue weighted by Crippen LogP contribution is -2.33. The molecule has 0 spiro atoms. The number of likely N-dealkylation sites (N-methyl/N-ethyl adjacent to an activating group) is 1. The Hall–Kier alpha value is -1.75. The van der Waals surface area contributed by atoms with Crippen molar-refractivity contribution >= 4 is 5.91 Å². The van der Waals surface area contributed by atoms with E-state index in [1.807, 2.05) is 25.1 Å². The van der Waals surface area contributed by atoms with Crippen LogP contribution >= 0.6 is 0 Å². The molecule has 1 aromatic rings. The van der Waals surface area contributed by atoms with Crippen LogP contribution in [-0.4, -0.2) is 25.8 Å². The molecular weight excluding hydrogens is 220 g/mol. The molecule has 92 valence electrons. The summed E-state index contributed by atoms with van der Waals surface area (Å²) in [5.41, 5.74) is 1.07. The fourth-order valence-corrected chi connectivity index (χ4v) is 1.63. The van der Waals surface area contributed by atoms with Gasteiger partial charge in [0.15, 0.2) is 11.5 Å². The van der Waals surface area contributed by atoms with E-state index in [4.69, 9.17) is 9.47 Å². The molecule has 0 aliphatic carbocycles. The predicted octanol–water partition coefficient (Wildman–Crippen LogP) is 0.641. The summed E-state index contributed by atoms with van der Waals surface area (Å²) < 4.78 is 10.5. The molecule has 0 fully saturated rings. The summed E-state index contributed by atoms with van der Waals surface area (Å²) in [5, 5.41) is 5.80. The highest BCUT2D eigenvalue weighted by atomic mass is 16.7. The predicted molar refractivity (Wildman–Crippen MR) is 63.0 cm³/mol. The van der Waals surface area contributed by atoms with Crippen molar-refractivity contribution in [2.24, 2.45) is 0 Å². The zero-order valence-corrected chi connectivity index (χ0v) is 9.79. The van der Waals surface area contributed by atoms with E-state index in [2.05, 4.69) is 10.6 Å². The molecule has 5 heteroatoms. The summed E-state index contributed by atoms with van der Waals surface area (Å²) in [6.45, 7) is 3.79. The van der Waals surface area contributed by atoms with Gasteiger partial charge in [-0.05, 0) is 24.6 Å². The Morgan fingerprint density at radius 1 is 1.35 bits per heavy atom. The quantitative estimate of drug-likeness (QED) is 0.787. The third kappa shape index (κ3) is 3.10. The monoisotopic (exact) mass is 236 g/mol. The normalized spacial score (nSPS) is 12.5. The Morgan fingerprint density at radius 2 is 2.18 bits per heavy atom. The van der Waals surface area contributed by atoms with E-state index in [-0.39, 0.29) is 12.7 Å². The Bertz CT molecular complexity index is 407. The first-order chi connectivity index (χ1) is 8.29. The Balaban J connectivity index is 1.81. The highest BCUT2D eigenvalue weighted by molar-refractivity contribution is 5.77. The smallest absolute Gasteiger partial charge is 0.233 e. The average molecular weight is 236 g/mol. The number of fused-ring (bicyclic) bond motifs is 1. The van der Waals surface area contributed by atoms with Crippen molar-refractivity contribution in [1.29, 1.82) is 0 Å². The van der Waals surface area contributed by atoms with Crippen LogP contribution in [0.2, 0.25) is 0 Å². The zero-order valence-electron chi connectivity index (χ0n) is 9.79. The van der Waals surface area contributed by atoms with Crippen molar-refractivity contribution in [2.45, 2.75) is 13.5 Å². The van der Waals surface area contributed by atoms with Crippen molar-refractivity contribution in [3.8, 4) is 11.5 Å². The van der Waals surface area contributed by atoms with E-state index in [1.165, 1.54) is 0 Å². The molecule has 17 heavy (non-hydrogen) atoms. The standard InChI is InChI=1S/C12H16N2O3/c1-2-14-12(15)7-13-6-9-3-4-10-11(5-9)17-8-16-10/h3-5,13H,2,6-8H2,1H3,(H,14,15). The minimum absolute atomic E-state index is 0.00763. The van der Waals surface area contributed by atoms with Crippen molar-refractivity contribution < 1.29 is 14.3 Å². The van der Waals surface area contributed by atoms with Crippen molar-refractivity contribution in [1.82, 2.24) is 10.6 Å². The van der Waals surface area contributed by atoms with Crippen LogP contribution in [0.4, 0.5) is 0 Å². The summed E-state index contributed by atoms with van der Waals surface area (Å²) in [6, 6.07) is 5.76. The molecule has 1 aliphatic rings. The largest absolute Gasteiger partial charge is 0.454 e. The molecule has 0 aromatic heterocycles. The number of hydrogen-bond acceptors (Lipinski definition) is 4. The first kappa shape index (κ1) is 11.7. The molecule has 0 atom stereocenters. The van der Waals surface area contributed by atoms with Crippen LogP contribution in [0, 0.1) is 0 Å². The molecule has 0 saturated carbocycles. The zero-order chi connectivity index (χ0) is 12.1. The number of benzene rings is 1. The van der Waals surface area contributed by atoms with Gasteiger partial charge in [0, 0.05) is 13.1 Å². The molecule has 2 N–H and O–H groups in total. The Morgan fingerprint density at radius 3 is 3.00 bits per heavy atom. The van der Waals surface area contributed by atoms with Gasteiger partial charge in [-0.2, -0.15) is 0 Å². The van der Waals surface area contributed by atoms with Gasteiger partial charge in [-0.25, -0.2) is 0 Å².